The molecule has 0 aliphatic heterocycles. The highest BCUT2D eigenvalue weighted by atomic mass is 32.2. The zero-order chi connectivity index (χ0) is 29.6. The van der Waals surface area contributed by atoms with Gasteiger partial charge in [0.05, 0.1) is 40.7 Å². The second kappa shape index (κ2) is 10.2. The minimum atomic E-state index is -3.57. The summed E-state index contributed by atoms with van der Waals surface area (Å²) in [4.78, 5) is 25.8. The molecule has 12 nitrogen and oxygen atoms in total. The summed E-state index contributed by atoms with van der Waals surface area (Å²) in [6.45, 7) is 3.76. The molecule has 0 aliphatic carbocycles. The first-order valence-electron chi connectivity index (χ1n) is 12.9. The Labute approximate surface area is 240 Å². The summed E-state index contributed by atoms with van der Waals surface area (Å²) in [5.74, 6) is 0.922. The van der Waals surface area contributed by atoms with E-state index in [-0.39, 0.29) is 16.8 Å². The van der Waals surface area contributed by atoms with E-state index in [4.69, 9.17) is 5.10 Å². The number of nitrogens with one attached hydrogen (secondary N) is 3. The van der Waals surface area contributed by atoms with Gasteiger partial charge in [0, 0.05) is 18.0 Å². The molecule has 0 fully saturated rings. The molecule has 13 heteroatoms. The van der Waals surface area contributed by atoms with Crippen molar-refractivity contribution in [2.75, 3.05) is 16.3 Å². The van der Waals surface area contributed by atoms with Crippen LogP contribution < -0.4 is 15.6 Å². The van der Waals surface area contributed by atoms with Crippen LogP contribution in [0, 0.1) is 18.3 Å². The topological polar surface area (TPSA) is 163 Å². The summed E-state index contributed by atoms with van der Waals surface area (Å²) in [6.07, 6.45) is 5.94. The number of hydrogen-bond acceptors (Lipinski definition) is 8. The lowest BCUT2D eigenvalue weighted by atomic mass is 10.0. The number of benzene rings is 2. The lowest BCUT2D eigenvalue weighted by molar-refractivity contribution is 0.607. The molecule has 4 aromatic heterocycles. The summed E-state index contributed by atoms with van der Waals surface area (Å²) < 4.78 is 29.4. The van der Waals surface area contributed by atoms with E-state index in [1.807, 2.05) is 50.2 Å². The van der Waals surface area contributed by atoms with Crippen LogP contribution in [-0.4, -0.2) is 43.8 Å². The summed E-state index contributed by atoms with van der Waals surface area (Å²) in [5, 5.41) is 18.4. The minimum Gasteiger partial charge on any atom is -0.360 e. The summed E-state index contributed by atoms with van der Waals surface area (Å²) in [7, 11) is -3.57. The van der Waals surface area contributed by atoms with Crippen molar-refractivity contribution in [2.45, 2.75) is 19.9 Å². The van der Waals surface area contributed by atoms with Gasteiger partial charge in [-0.2, -0.15) is 10.4 Å². The van der Waals surface area contributed by atoms with Gasteiger partial charge in [0.1, 0.15) is 23.3 Å². The average molecular weight is 580 g/mol. The van der Waals surface area contributed by atoms with Gasteiger partial charge in [-0.25, -0.2) is 22.9 Å². The molecule has 6 aromatic rings. The van der Waals surface area contributed by atoms with Crippen LogP contribution in [0.2, 0.25) is 0 Å². The maximum Gasteiger partial charge on any atom is 0.282 e. The number of para-hydroxylation sites is 1. The third-order valence-electron chi connectivity index (χ3n) is 6.81. The second-order valence-corrected chi connectivity index (χ2v) is 11.7. The van der Waals surface area contributed by atoms with Crippen molar-refractivity contribution >= 4 is 38.1 Å². The van der Waals surface area contributed by atoms with Gasteiger partial charge in [0.25, 0.3) is 5.56 Å². The van der Waals surface area contributed by atoms with Gasteiger partial charge < -0.3 is 10.3 Å². The van der Waals surface area contributed by atoms with Crippen LogP contribution in [0.3, 0.4) is 0 Å². The van der Waals surface area contributed by atoms with E-state index in [2.05, 4.69) is 31.1 Å². The predicted molar refractivity (Wildman–Crippen MR) is 160 cm³/mol. The van der Waals surface area contributed by atoms with E-state index in [0.29, 0.717) is 45.0 Å². The molecule has 2 aromatic carbocycles. The smallest absolute Gasteiger partial charge is 0.282 e. The predicted octanol–water partition coefficient (Wildman–Crippen LogP) is 4.15. The van der Waals surface area contributed by atoms with E-state index in [0.717, 1.165) is 11.8 Å². The van der Waals surface area contributed by atoms with Crippen LogP contribution in [0.15, 0.2) is 78.1 Å². The van der Waals surface area contributed by atoms with Gasteiger partial charge in [-0.15, -0.1) is 0 Å². The first-order chi connectivity index (χ1) is 20.1. The van der Waals surface area contributed by atoms with Crippen molar-refractivity contribution in [3.63, 3.8) is 0 Å². The number of sulfonamides is 1. The molecule has 42 heavy (non-hydrogen) atoms. The number of H-pyrrole nitrogens is 1. The molecule has 0 saturated carbocycles. The number of aryl methyl sites for hydroxylation is 1. The maximum atomic E-state index is 13.8. The van der Waals surface area contributed by atoms with Crippen molar-refractivity contribution in [3.8, 4) is 22.9 Å². The van der Waals surface area contributed by atoms with E-state index in [9.17, 15) is 18.5 Å². The monoisotopic (exact) mass is 579 g/mol. The summed E-state index contributed by atoms with van der Waals surface area (Å²) in [6, 6.07) is 17.5. The SMILES string of the molecule is Cc1ccn2nc([C@H](C)Nc3ncnc4[nH]cc(-c5cc(C#N)cc(NS(C)(=O)=O)c5)c34)n(-c3ccccc3)c(=O)c12. The van der Waals surface area contributed by atoms with Crippen molar-refractivity contribution in [2.24, 2.45) is 0 Å². The van der Waals surface area contributed by atoms with Gasteiger partial charge in [-0.3, -0.25) is 14.1 Å². The quantitative estimate of drug-likeness (QED) is 0.254. The van der Waals surface area contributed by atoms with Gasteiger partial charge >= 0.3 is 0 Å². The molecule has 0 radical (unpaired) electrons. The highest BCUT2D eigenvalue weighted by Gasteiger charge is 2.22. The molecule has 210 valence electrons. The molecule has 4 heterocycles. The Bertz CT molecular complexity index is 2190. The van der Waals surface area contributed by atoms with Crippen molar-refractivity contribution in [1.29, 1.82) is 5.26 Å². The fourth-order valence-electron chi connectivity index (χ4n) is 5.03. The number of hydrogen-bond donors (Lipinski definition) is 3. The first kappa shape index (κ1) is 26.7. The fraction of sp³-hybridized carbons (Fsp3) is 0.138. The van der Waals surface area contributed by atoms with Gasteiger partial charge in [-0.1, -0.05) is 18.2 Å². The van der Waals surface area contributed by atoms with Crippen LogP contribution in [0.25, 0.3) is 33.4 Å². The van der Waals surface area contributed by atoms with Gasteiger partial charge in [-0.05, 0) is 61.4 Å². The van der Waals surface area contributed by atoms with Crippen LogP contribution >= 0.6 is 0 Å². The van der Waals surface area contributed by atoms with Crippen LogP contribution in [-0.2, 0) is 10.0 Å². The normalized spacial score (nSPS) is 12.3. The van der Waals surface area contributed by atoms with E-state index < -0.39 is 16.1 Å². The molecule has 0 bridgehead atoms. The Morgan fingerprint density at radius 3 is 2.62 bits per heavy atom. The Morgan fingerprint density at radius 2 is 1.88 bits per heavy atom. The number of aromatic amines is 1. The van der Waals surface area contributed by atoms with Gasteiger partial charge in [0.15, 0.2) is 5.82 Å². The number of nitriles is 1. The Hall–Kier alpha value is -5.48. The lowest BCUT2D eigenvalue weighted by Gasteiger charge is -2.20. The molecule has 0 spiro atoms. The second-order valence-electron chi connectivity index (χ2n) is 9.93. The number of nitrogens with zero attached hydrogens (tertiary/aromatic N) is 6. The summed E-state index contributed by atoms with van der Waals surface area (Å²) >= 11 is 0. The maximum absolute atomic E-state index is 13.8. The Kier molecular flexibility index (Phi) is 6.47. The molecule has 3 N–H and O–H groups in total. The number of fused-ring (bicyclic) bond motifs is 2. The highest BCUT2D eigenvalue weighted by Crippen LogP contribution is 2.35. The first-order valence-corrected chi connectivity index (χ1v) is 14.8. The highest BCUT2D eigenvalue weighted by molar-refractivity contribution is 7.92. The van der Waals surface area contributed by atoms with E-state index in [1.54, 1.807) is 33.6 Å². The molecule has 6 rings (SSSR count). The van der Waals surface area contributed by atoms with Crippen LogP contribution in [0.4, 0.5) is 11.5 Å². The molecule has 0 saturated heterocycles. The molecule has 1 atom stereocenters. The van der Waals surface area contributed by atoms with Gasteiger partial charge in [0.2, 0.25) is 10.0 Å². The molecule has 0 aliphatic rings. The zero-order valence-corrected chi connectivity index (χ0v) is 23.6. The minimum absolute atomic E-state index is 0.197. The van der Waals surface area contributed by atoms with E-state index >= 15 is 0 Å². The molecule has 0 unspecified atom stereocenters. The standard InChI is InChI=1S/C29H25N9O3S/c1-17-9-10-37-25(17)29(39)38(22-7-5-4-6-8-22)28(35-37)18(2)34-27-24-23(15-31-26(24)32-16-33-27)20-11-19(14-30)12-21(13-20)36-42(3,40)41/h4-13,15-16,18,36H,1-3H3,(H2,31,32,33,34)/t18-/m0/s1. The largest absolute Gasteiger partial charge is 0.360 e. The third-order valence-corrected chi connectivity index (χ3v) is 7.42. The van der Waals surface area contributed by atoms with Crippen molar-refractivity contribution in [3.05, 3.63) is 101 Å². The van der Waals surface area contributed by atoms with Crippen molar-refractivity contribution in [1.82, 2.24) is 29.1 Å². The Balaban J connectivity index is 1.48. The summed E-state index contributed by atoms with van der Waals surface area (Å²) in [5.41, 5.74) is 4.09. The molecule has 0 amide bonds. The van der Waals surface area contributed by atoms with Crippen LogP contribution in [0.5, 0.6) is 0 Å². The lowest BCUT2D eigenvalue weighted by Crippen LogP contribution is -2.29. The molecular formula is C29H25N9O3S. The fourth-order valence-corrected chi connectivity index (χ4v) is 5.57. The average Bonchev–Trinajstić information content (AvgIpc) is 3.56. The van der Waals surface area contributed by atoms with Crippen LogP contribution in [0.1, 0.15) is 29.9 Å². The van der Waals surface area contributed by atoms with E-state index in [1.165, 1.54) is 12.4 Å². The Morgan fingerprint density at radius 1 is 1.10 bits per heavy atom. The third kappa shape index (κ3) is 4.84. The number of anilines is 2. The number of aromatic nitrogens is 6. The molecular weight excluding hydrogens is 554 g/mol. The van der Waals surface area contributed by atoms with Crippen molar-refractivity contribution < 1.29 is 8.42 Å². The zero-order valence-electron chi connectivity index (χ0n) is 22.8. The number of rotatable bonds is 7.